The SMILES string of the molecule is C=CCNC(=O)CCCC(C)(C)c1cc(O)c(C(C)(C)CCCC(=O)NCC=C)cc1O. The van der Waals surface area contributed by atoms with Crippen LogP contribution in [0, 0.1) is 0 Å². The highest BCUT2D eigenvalue weighted by Gasteiger charge is 2.30. The van der Waals surface area contributed by atoms with Gasteiger partial charge in [0.15, 0.2) is 0 Å². The van der Waals surface area contributed by atoms with Crippen LogP contribution in [0.4, 0.5) is 0 Å². The Morgan fingerprint density at radius 1 is 0.812 bits per heavy atom. The molecule has 0 aromatic heterocycles. The van der Waals surface area contributed by atoms with Gasteiger partial charge < -0.3 is 20.8 Å². The molecule has 1 aromatic rings. The van der Waals surface area contributed by atoms with Gasteiger partial charge in [-0.25, -0.2) is 0 Å². The normalized spacial score (nSPS) is 11.6. The molecule has 4 N–H and O–H groups in total. The van der Waals surface area contributed by atoms with Crippen molar-refractivity contribution in [3.05, 3.63) is 48.6 Å². The zero-order valence-electron chi connectivity index (χ0n) is 20.1. The molecular weight excluding hydrogens is 404 g/mol. The molecule has 2 amide bonds. The van der Waals surface area contributed by atoms with Gasteiger partial charge >= 0.3 is 0 Å². The third kappa shape index (κ3) is 8.40. The summed E-state index contributed by atoms with van der Waals surface area (Å²) >= 11 is 0. The molecule has 0 heterocycles. The van der Waals surface area contributed by atoms with Gasteiger partial charge in [-0.05, 0) is 48.6 Å². The van der Waals surface area contributed by atoms with Crippen molar-refractivity contribution in [1.29, 1.82) is 0 Å². The molecule has 1 aromatic carbocycles. The number of amides is 2. The fraction of sp³-hybridized carbons (Fsp3) is 0.538. The first-order valence-electron chi connectivity index (χ1n) is 11.3. The lowest BCUT2D eigenvalue weighted by Crippen LogP contribution is -2.25. The molecule has 1 rings (SSSR count). The second-order valence-electron chi connectivity index (χ2n) is 9.55. The summed E-state index contributed by atoms with van der Waals surface area (Å²) in [6.07, 6.45) is 6.78. The molecule has 0 aliphatic heterocycles. The lowest BCUT2D eigenvalue weighted by Gasteiger charge is -2.30. The highest BCUT2D eigenvalue weighted by atomic mass is 16.3. The Labute approximate surface area is 192 Å². The summed E-state index contributed by atoms with van der Waals surface area (Å²) in [4.78, 5) is 23.6. The number of carbonyl (C=O) groups is 2. The van der Waals surface area contributed by atoms with E-state index in [0.717, 1.165) is 0 Å². The molecule has 0 fully saturated rings. The topological polar surface area (TPSA) is 98.7 Å². The van der Waals surface area contributed by atoms with Gasteiger partial charge in [0.05, 0.1) is 0 Å². The third-order valence-corrected chi connectivity index (χ3v) is 5.87. The fourth-order valence-electron chi connectivity index (χ4n) is 3.86. The van der Waals surface area contributed by atoms with E-state index in [9.17, 15) is 19.8 Å². The van der Waals surface area contributed by atoms with Crippen LogP contribution >= 0.6 is 0 Å². The molecule has 6 heteroatoms. The van der Waals surface area contributed by atoms with Gasteiger partial charge in [0.2, 0.25) is 11.8 Å². The zero-order valence-corrected chi connectivity index (χ0v) is 20.1. The quantitative estimate of drug-likeness (QED) is 0.249. The van der Waals surface area contributed by atoms with E-state index >= 15 is 0 Å². The Balaban J connectivity index is 2.83. The molecule has 0 spiro atoms. The van der Waals surface area contributed by atoms with Crippen LogP contribution < -0.4 is 10.6 Å². The lowest BCUT2D eigenvalue weighted by atomic mass is 9.75. The molecule has 0 saturated heterocycles. The number of aromatic hydroxyl groups is 2. The first-order chi connectivity index (χ1) is 14.9. The van der Waals surface area contributed by atoms with Crippen LogP contribution in [0.15, 0.2) is 37.4 Å². The van der Waals surface area contributed by atoms with Crippen LogP contribution in [-0.2, 0) is 20.4 Å². The predicted molar refractivity (Wildman–Crippen MR) is 130 cm³/mol. The summed E-state index contributed by atoms with van der Waals surface area (Å²) in [5, 5.41) is 27.1. The molecule has 0 aliphatic carbocycles. The number of hydrogen-bond acceptors (Lipinski definition) is 4. The first kappa shape index (κ1) is 27.3. The molecule has 0 bridgehead atoms. The monoisotopic (exact) mass is 444 g/mol. The van der Waals surface area contributed by atoms with E-state index in [1.807, 2.05) is 27.7 Å². The second-order valence-corrected chi connectivity index (χ2v) is 9.55. The number of phenols is 2. The van der Waals surface area contributed by atoms with Gasteiger partial charge in [0, 0.05) is 37.1 Å². The molecule has 32 heavy (non-hydrogen) atoms. The average molecular weight is 445 g/mol. The van der Waals surface area contributed by atoms with E-state index < -0.39 is 10.8 Å². The highest BCUT2D eigenvalue weighted by molar-refractivity contribution is 5.76. The number of phenolic OH excluding ortho intramolecular Hbond substituents is 2. The molecule has 178 valence electrons. The van der Waals surface area contributed by atoms with Gasteiger partial charge in [-0.1, -0.05) is 39.8 Å². The summed E-state index contributed by atoms with van der Waals surface area (Å²) in [6, 6.07) is 3.28. The molecule has 0 saturated carbocycles. The van der Waals surface area contributed by atoms with Crippen molar-refractivity contribution in [1.82, 2.24) is 10.6 Å². The molecule has 6 nitrogen and oxygen atoms in total. The van der Waals surface area contributed by atoms with Crippen LogP contribution in [0.5, 0.6) is 11.5 Å². The zero-order chi connectivity index (χ0) is 24.4. The summed E-state index contributed by atoms with van der Waals surface area (Å²) in [5.41, 5.74) is 0.493. The van der Waals surface area contributed by atoms with E-state index in [-0.39, 0.29) is 23.3 Å². The molecule has 0 atom stereocenters. The minimum absolute atomic E-state index is 0.0250. The maximum Gasteiger partial charge on any atom is 0.220 e. The van der Waals surface area contributed by atoms with Crippen LogP contribution in [-0.4, -0.2) is 35.1 Å². The smallest absolute Gasteiger partial charge is 0.220 e. The van der Waals surface area contributed by atoms with E-state index in [1.165, 1.54) is 0 Å². The Morgan fingerprint density at radius 3 is 1.47 bits per heavy atom. The second kappa shape index (κ2) is 12.3. The molecular formula is C26H40N2O4. The maximum absolute atomic E-state index is 11.8. The van der Waals surface area contributed by atoms with E-state index in [1.54, 1.807) is 24.3 Å². The van der Waals surface area contributed by atoms with Crippen LogP contribution in [0.25, 0.3) is 0 Å². The minimum Gasteiger partial charge on any atom is -0.508 e. The first-order valence-corrected chi connectivity index (χ1v) is 11.3. The molecule has 0 unspecified atom stereocenters. The Kier molecular flexibility index (Phi) is 10.5. The van der Waals surface area contributed by atoms with Crippen molar-refractivity contribution >= 4 is 11.8 Å². The van der Waals surface area contributed by atoms with Gasteiger partial charge in [-0.15, -0.1) is 13.2 Å². The Morgan fingerprint density at radius 2 is 1.16 bits per heavy atom. The van der Waals surface area contributed by atoms with Crippen LogP contribution in [0.1, 0.15) is 77.3 Å². The van der Waals surface area contributed by atoms with Crippen molar-refractivity contribution in [3.8, 4) is 11.5 Å². The van der Waals surface area contributed by atoms with E-state index in [2.05, 4.69) is 23.8 Å². The summed E-state index contributed by atoms with van der Waals surface area (Å²) < 4.78 is 0. The summed E-state index contributed by atoms with van der Waals surface area (Å²) in [5.74, 6) is 0.220. The van der Waals surface area contributed by atoms with Gasteiger partial charge in [-0.2, -0.15) is 0 Å². The van der Waals surface area contributed by atoms with E-state index in [4.69, 9.17) is 0 Å². The number of nitrogens with one attached hydrogen (secondary N) is 2. The van der Waals surface area contributed by atoms with E-state index in [0.29, 0.717) is 62.7 Å². The van der Waals surface area contributed by atoms with Crippen molar-refractivity contribution in [2.24, 2.45) is 0 Å². The van der Waals surface area contributed by atoms with Crippen molar-refractivity contribution in [2.75, 3.05) is 13.1 Å². The predicted octanol–water partition coefficient (Wildman–Crippen LogP) is 4.60. The summed E-state index contributed by atoms with van der Waals surface area (Å²) in [6.45, 7) is 16.1. The molecule has 0 aliphatic rings. The summed E-state index contributed by atoms with van der Waals surface area (Å²) in [7, 11) is 0. The number of benzene rings is 1. The van der Waals surface area contributed by atoms with Gasteiger partial charge in [0.25, 0.3) is 0 Å². The van der Waals surface area contributed by atoms with Gasteiger partial charge in [0.1, 0.15) is 11.5 Å². The van der Waals surface area contributed by atoms with Crippen molar-refractivity contribution < 1.29 is 19.8 Å². The Hall–Kier alpha value is -2.76. The number of hydrogen-bond donors (Lipinski definition) is 4. The standard InChI is InChI=1S/C26H40N2O4/c1-7-15-27-23(31)11-9-13-25(3,4)19-17-22(30)20(18-21(19)29)26(5,6)14-10-12-24(32)28-16-8-2/h7-8,17-18,29-30H,1-2,9-16H2,3-6H3,(H,27,31)(H,28,32). The minimum atomic E-state index is -0.411. The van der Waals surface area contributed by atoms with Crippen LogP contribution in [0.2, 0.25) is 0 Å². The van der Waals surface area contributed by atoms with Crippen molar-refractivity contribution in [3.63, 3.8) is 0 Å². The fourth-order valence-corrected chi connectivity index (χ4v) is 3.86. The number of rotatable bonds is 14. The largest absolute Gasteiger partial charge is 0.508 e. The average Bonchev–Trinajstić information content (AvgIpc) is 2.71. The number of carbonyl (C=O) groups excluding carboxylic acids is 2. The lowest BCUT2D eigenvalue weighted by molar-refractivity contribution is -0.121. The van der Waals surface area contributed by atoms with Crippen LogP contribution in [0.3, 0.4) is 0 Å². The highest BCUT2D eigenvalue weighted by Crippen LogP contribution is 2.43. The maximum atomic E-state index is 11.8. The third-order valence-electron chi connectivity index (χ3n) is 5.87. The Bertz CT molecular complexity index is 745. The molecule has 0 radical (unpaired) electrons. The van der Waals surface area contributed by atoms with Gasteiger partial charge in [-0.3, -0.25) is 9.59 Å². The van der Waals surface area contributed by atoms with Crippen molar-refractivity contribution in [2.45, 2.75) is 77.0 Å².